The van der Waals surface area contributed by atoms with Crippen molar-refractivity contribution in [2.45, 2.75) is 13.0 Å². The lowest BCUT2D eigenvalue weighted by atomic mass is 9.96. The van der Waals surface area contributed by atoms with Crippen LogP contribution in [-0.4, -0.2) is 4.98 Å². The van der Waals surface area contributed by atoms with Crippen molar-refractivity contribution in [3.05, 3.63) is 64.4 Å². The molecular formula is C15H14FN3S. The second-order valence-corrected chi connectivity index (χ2v) is 5.62. The van der Waals surface area contributed by atoms with E-state index in [4.69, 9.17) is 5.84 Å². The fourth-order valence-electron chi connectivity index (χ4n) is 2.31. The minimum atomic E-state index is -0.273. The molecule has 102 valence electrons. The molecule has 20 heavy (non-hydrogen) atoms. The van der Waals surface area contributed by atoms with E-state index in [0.29, 0.717) is 0 Å². The van der Waals surface area contributed by atoms with Crippen LogP contribution in [0.2, 0.25) is 0 Å². The van der Waals surface area contributed by atoms with E-state index in [-0.39, 0.29) is 11.9 Å². The normalized spacial score (nSPS) is 12.8. The van der Waals surface area contributed by atoms with Crippen molar-refractivity contribution in [2.75, 3.05) is 0 Å². The summed E-state index contributed by atoms with van der Waals surface area (Å²) in [6.45, 7) is 1.94. The van der Waals surface area contributed by atoms with Gasteiger partial charge in [0.05, 0.1) is 16.3 Å². The monoisotopic (exact) mass is 287 g/mol. The lowest BCUT2D eigenvalue weighted by Gasteiger charge is -2.19. The van der Waals surface area contributed by atoms with Crippen LogP contribution in [0.1, 0.15) is 22.7 Å². The number of benzene rings is 1. The van der Waals surface area contributed by atoms with Crippen molar-refractivity contribution in [3.8, 4) is 0 Å². The Morgan fingerprint density at radius 1 is 1.30 bits per heavy atom. The molecule has 3 nitrogen and oxygen atoms in total. The first-order valence-electron chi connectivity index (χ1n) is 6.24. The van der Waals surface area contributed by atoms with Gasteiger partial charge in [-0.15, -0.1) is 11.3 Å². The third kappa shape index (κ3) is 2.31. The van der Waals surface area contributed by atoms with Gasteiger partial charge in [-0.05, 0) is 53.3 Å². The molecule has 0 saturated carbocycles. The number of pyridine rings is 1. The van der Waals surface area contributed by atoms with Crippen molar-refractivity contribution in [2.24, 2.45) is 5.84 Å². The largest absolute Gasteiger partial charge is 0.271 e. The van der Waals surface area contributed by atoms with Crippen LogP contribution in [-0.2, 0) is 0 Å². The van der Waals surface area contributed by atoms with E-state index in [2.05, 4.69) is 10.4 Å². The van der Waals surface area contributed by atoms with Crippen LogP contribution in [0.15, 0.2) is 41.9 Å². The maximum atomic E-state index is 13.5. The van der Waals surface area contributed by atoms with Gasteiger partial charge < -0.3 is 0 Å². The number of aromatic nitrogens is 1. The summed E-state index contributed by atoms with van der Waals surface area (Å²) in [6, 6.07) is 8.46. The molecule has 3 N–H and O–H groups in total. The zero-order chi connectivity index (χ0) is 14.1. The number of rotatable bonds is 3. The minimum Gasteiger partial charge on any atom is -0.271 e. The molecule has 0 fully saturated rings. The minimum absolute atomic E-state index is 0.268. The van der Waals surface area contributed by atoms with Gasteiger partial charge in [-0.25, -0.2) is 9.82 Å². The number of nitrogens with zero attached hydrogens (tertiary/aromatic N) is 1. The molecule has 2 heterocycles. The summed E-state index contributed by atoms with van der Waals surface area (Å²) in [5, 5.41) is 2.00. The highest BCUT2D eigenvalue weighted by Crippen LogP contribution is 2.28. The van der Waals surface area contributed by atoms with Gasteiger partial charge in [0.15, 0.2) is 0 Å². The smallest absolute Gasteiger partial charge is 0.123 e. The van der Waals surface area contributed by atoms with E-state index in [9.17, 15) is 4.39 Å². The van der Waals surface area contributed by atoms with Crippen molar-refractivity contribution in [3.63, 3.8) is 0 Å². The number of thiophene rings is 1. The number of hydrogen-bond donors (Lipinski definition) is 2. The van der Waals surface area contributed by atoms with Gasteiger partial charge in [0.25, 0.3) is 0 Å². The van der Waals surface area contributed by atoms with Crippen molar-refractivity contribution in [1.82, 2.24) is 10.4 Å². The molecule has 3 aromatic rings. The summed E-state index contributed by atoms with van der Waals surface area (Å²) in [5.41, 5.74) is 6.46. The van der Waals surface area contributed by atoms with Gasteiger partial charge in [-0.1, -0.05) is 6.07 Å². The molecule has 0 amide bonds. The Morgan fingerprint density at radius 3 is 2.95 bits per heavy atom. The predicted octanol–water partition coefficient (Wildman–Crippen LogP) is 3.30. The Labute approximate surface area is 120 Å². The van der Waals surface area contributed by atoms with Crippen LogP contribution in [0.5, 0.6) is 0 Å². The van der Waals surface area contributed by atoms with E-state index in [0.717, 1.165) is 26.9 Å². The zero-order valence-corrected chi connectivity index (χ0v) is 11.7. The number of nitrogens with two attached hydrogens (primary N) is 1. The Balaban J connectivity index is 2.10. The topological polar surface area (TPSA) is 50.9 Å². The summed E-state index contributed by atoms with van der Waals surface area (Å²) in [5.74, 6) is 5.41. The Bertz CT molecular complexity index is 754. The van der Waals surface area contributed by atoms with Crippen LogP contribution in [0.3, 0.4) is 0 Å². The summed E-state index contributed by atoms with van der Waals surface area (Å²) in [6.07, 6.45) is 1.78. The summed E-state index contributed by atoms with van der Waals surface area (Å²) in [7, 11) is 0. The first-order valence-corrected chi connectivity index (χ1v) is 7.12. The molecule has 0 spiro atoms. The van der Waals surface area contributed by atoms with Gasteiger partial charge in [-0.3, -0.25) is 10.8 Å². The van der Waals surface area contributed by atoms with E-state index in [1.807, 2.05) is 24.4 Å². The molecule has 0 radical (unpaired) electrons. The van der Waals surface area contributed by atoms with E-state index >= 15 is 0 Å². The third-order valence-electron chi connectivity index (χ3n) is 3.38. The van der Waals surface area contributed by atoms with Crippen molar-refractivity contribution in [1.29, 1.82) is 0 Å². The second-order valence-electron chi connectivity index (χ2n) is 4.67. The van der Waals surface area contributed by atoms with E-state index in [1.54, 1.807) is 23.6 Å². The standard InChI is InChI=1S/C15H14FN3S/c1-9-2-3-11(16)7-12(9)15(19-17)10-6-14-13(18-8-10)4-5-20-14/h2-8,15,19H,17H2,1H3. The predicted molar refractivity (Wildman–Crippen MR) is 79.9 cm³/mol. The first kappa shape index (κ1) is 13.2. The molecule has 1 atom stereocenters. The average molecular weight is 287 g/mol. The Hall–Kier alpha value is -1.82. The highest BCUT2D eigenvalue weighted by Gasteiger charge is 2.16. The number of fused-ring (bicyclic) bond motifs is 1. The molecule has 0 aliphatic heterocycles. The lowest BCUT2D eigenvalue weighted by molar-refractivity contribution is 0.602. The van der Waals surface area contributed by atoms with Crippen LogP contribution in [0.25, 0.3) is 10.2 Å². The highest BCUT2D eigenvalue weighted by atomic mass is 32.1. The number of hydrogen-bond acceptors (Lipinski definition) is 4. The fourth-order valence-corrected chi connectivity index (χ4v) is 3.10. The van der Waals surface area contributed by atoms with E-state index < -0.39 is 0 Å². The Kier molecular flexibility index (Phi) is 3.48. The molecular weight excluding hydrogens is 273 g/mol. The molecule has 0 saturated heterocycles. The summed E-state index contributed by atoms with van der Waals surface area (Å²) >= 11 is 1.63. The molecule has 1 aromatic carbocycles. The average Bonchev–Trinajstić information content (AvgIpc) is 2.91. The number of hydrazine groups is 1. The molecule has 1 unspecified atom stereocenters. The van der Waals surface area contributed by atoms with Crippen LogP contribution in [0, 0.1) is 12.7 Å². The molecule has 3 rings (SSSR count). The molecule has 5 heteroatoms. The second kappa shape index (κ2) is 5.28. The van der Waals surface area contributed by atoms with Crippen molar-refractivity contribution < 1.29 is 4.39 Å². The van der Waals surface area contributed by atoms with Gasteiger partial charge >= 0.3 is 0 Å². The summed E-state index contributed by atoms with van der Waals surface area (Å²) < 4.78 is 14.6. The maximum absolute atomic E-state index is 13.5. The van der Waals surface area contributed by atoms with Gasteiger partial charge in [0.1, 0.15) is 5.82 Å². The number of nitrogens with one attached hydrogen (secondary N) is 1. The SMILES string of the molecule is Cc1ccc(F)cc1C(NN)c1cnc2ccsc2c1. The number of halogens is 1. The quantitative estimate of drug-likeness (QED) is 0.574. The van der Waals surface area contributed by atoms with Crippen molar-refractivity contribution >= 4 is 21.6 Å². The van der Waals surface area contributed by atoms with Crippen LogP contribution in [0.4, 0.5) is 4.39 Å². The molecule has 0 aliphatic rings. The first-order chi connectivity index (χ1) is 9.69. The Morgan fingerprint density at radius 2 is 2.15 bits per heavy atom. The zero-order valence-electron chi connectivity index (χ0n) is 10.9. The van der Waals surface area contributed by atoms with Crippen LogP contribution >= 0.6 is 11.3 Å². The van der Waals surface area contributed by atoms with Crippen LogP contribution < -0.4 is 11.3 Å². The van der Waals surface area contributed by atoms with E-state index in [1.165, 1.54) is 12.1 Å². The van der Waals surface area contributed by atoms with Gasteiger partial charge in [0.2, 0.25) is 0 Å². The fraction of sp³-hybridized carbons (Fsp3) is 0.133. The molecule has 2 aromatic heterocycles. The molecule has 0 aliphatic carbocycles. The maximum Gasteiger partial charge on any atom is 0.123 e. The number of aryl methyl sites for hydroxylation is 1. The lowest BCUT2D eigenvalue weighted by Crippen LogP contribution is -2.29. The summed E-state index contributed by atoms with van der Waals surface area (Å²) in [4.78, 5) is 4.41. The third-order valence-corrected chi connectivity index (χ3v) is 4.23. The molecule has 0 bridgehead atoms. The highest BCUT2D eigenvalue weighted by molar-refractivity contribution is 7.17. The van der Waals surface area contributed by atoms with Gasteiger partial charge in [0, 0.05) is 6.20 Å². The van der Waals surface area contributed by atoms with Gasteiger partial charge in [-0.2, -0.15) is 0 Å².